The Kier molecular flexibility index (Phi) is 9.24. The van der Waals surface area contributed by atoms with Crippen molar-refractivity contribution in [1.82, 2.24) is 10.7 Å². The lowest BCUT2D eigenvalue weighted by molar-refractivity contribution is -0.122. The first kappa shape index (κ1) is 25.5. The Balaban J connectivity index is 1.49. The van der Waals surface area contributed by atoms with Gasteiger partial charge in [-0.3, -0.25) is 9.59 Å². The highest BCUT2D eigenvalue weighted by Crippen LogP contribution is 2.26. The maximum absolute atomic E-state index is 12.3. The summed E-state index contributed by atoms with van der Waals surface area (Å²) in [6.07, 6.45) is 1.51. The predicted octanol–water partition coefficient (Wildman–Crippen LogP) is 5.07. The van der Waals surface area contributed by atoms with Crippen molar-refractivity contribution >= 4 is 49.9 Å². The molecule has 0 aromatic heterocycles. The fraction of sp³-hybridized carbons (Fsp3) is 0.160. The van der Waals surface area contributed by atoms with Crippen LogP contribution in [-0.4, -0.2) is 31.2 Å². The predicted molar refractivity (Wildman–Crippen MR) is 138 cm³/mol. The van der Waals surface area contributed by atoms with Crippen molar-refractivity contribution in [3.8, 4) is 11.5 Å². The molecule has 0 aliphatic rings. The van der Waals surface area contributed by atoms with Crippen LogP contribution in [0.4, 0.5) is 0 Å². The number of methoxy groups -OCH3 is 1. The second-order valence-electron chi connectivity index (χ2n) is 7.26. The SMILES string of the molecule is COc1ccc(C(=O)NC(C)C(=O)NN=Cc2ccc(OCc3ccc(Br)cc3)c(Br)c2)cc1. The van der Waals surface area contributed by atoms with E-state index in [1.165, 1.54) is 6.21 Å². The molecule has 3 aromatic rings. The molecule has 0 heterocycles. The fourth-order valence-corrected chi connectivity index (χ4v) is 3.59. The molecule has 0 bridgehead atoms. The normalized spacial score (nSPS) is 11.6. The summed E-state index contributed by atoms with van der Waals surface area (Å²) in [5.74, 6) is 0.537. The molecule has 176 valence electrons. The smallest absolute Gasteiger partial charge is 0.262 e. The third-order valence-electron chi connectivity index (χ3n) is 4.74. The van der Waals surface area contributed by atoms with Gasteiger partial charge in [0.2, 0.25) is 0 Å². The Morgan fingerprint density at radius 1 is 1.03 bits per heavy atom. The van der Waals surface area contributed by atoms with Crippen molar-refractivity contribution in [3.05, 3.63) is 92.4 Å². The average molecular weight is 589 g/mol. The van der Waals surface area contributed by atoms with Crippen LogP contribution in [0.2, 0.25) is 0 Å². The number of nitrogens with one attached hydrogen (secondary N) is 2. The molecule has 1 unspecified atom stereocenters. The molecule has 34 heavy (non-hydrogen) atoms. The maximum atomic E-state index is 12.3. The standard InChI is InChI=1S/C25H23Br2N3O4/c1-16(29-25(32)19-6-10-21(33-2)11-7-19)24(31)30-28-14-18-5-12-23(22(27)13-18)34-15-17-3-8-20(26)9-4-17/h3-14,16H,15H2,1-2H3,(H,29,32)(H,30,31). The monoisotopic (exact) mass is 587 g/mol. The van der Waals surface area contributed by atoms with Crippen LogP contribution in [0.25, 0.3) is 0 Å². The van der Waals surface area contributed by atoms with E-state index < -0.39 is 11.9 Å². The Bertz CT molecular complexity index is 1170. The average Bonchev–Trinajstić information content (AvgIpc) is 2.84. The second-order valence-corrected chi connectivity index (χ2v) is 9.03. The first-order valence-corrected chi connectivity index (χ1v) is 11.9. The third-order valence-corrected chi connectivity index (χ3v) is 5.89. The van der Waals surface area contributed by atoms with Crippen molar-refractivity contribution in [3.63, 3.8) is 0 Å². The van der Waals surface area contributed by atoms with Crippen LogP contribution in [-0.2, 0) is 11.4 Å². The number of ether oxygens (including phenoxy) is 2. The lowest BCUT2D eigenvalue weighted by Crippen LogP contribution is -2.43. The van der Waals surface area contributed by atoms with Crippen LogP contribution < -0.4 is 20.2 Å². The molecule has 0 fully saturated rings. The number of benzene rings is 3. The molecule has 0 saturated heterocycles. The van der Waals surface area contributed by atoms with Crippen molar-refractivity contribution in [1.29, 1.82) is 0 Å². The summed E-state index contributed by atoms with van der Waals surface area (Å²) in [6, 6.07) is 19.2. The number of nitrogens with zero attached hydrogens (tertiary/aromatic N) is 1. The number of amides is 2. The zero-order chi connectivity index (χ0) is 24.5. The van der Waals surface area contributed by atoms with Crippen LogP contribution in [0, 0.1) is 0 Å². The van der Waals surface area contributed by atoms with E-state index in [0.29, 0.717) is 23.7 Å². The summed E-state index contributed by atoms with van der Waals surface area (Å²) in [5, 5.41) is 6.62. The number of hydrogen-bond donors (Lipinski definition) is 2. The van der Waals surface area contributed by atoms with E-state index >= 15 is 0 Å². The highest BCUT2D eigenvalue weighted by molar-refractivity contribution is 9.10. The topological polar surface area (TPSA) is 89.0 Å². The van der Waals surface area contributed by atoms with E-state index in [1.807, 2.05) is 42.5 Å². The zero-order valence-electron chi connectivity index (χ0n) is 18.5. The number of carbonyl (C=O) groups is 2. The summed E-state index contributed by atoms with van der Waals surface area (Å²) >= 11 is 6.91. The van der Waals surface area contributed by atoms with Crippen LogP contribution in [0.1, 0.15) is 28.4 Å². The largest absolute Gasteiger partial charge is 0.497 e. The molecule has 9 heteroatoms. The molecule has 7 nitrogen and oxygen atoms in total. The van der Waals surface area contributed by atoms with Crippen molar-refractivity contribution in [2.24, 2.45) is 5.10 Å². The Morgan fingerprint density at radius 2 is 1.74 bits per heavy atom. The minimum Gasteiger partial charge on any atom is -0.497 e. The van der Waals surface area contributed by atoms with Crippen LogP contribution in [0.15, 0.2) is 80.8 Å². The van der Waals surface area contributed by atoms with E-state index in [1.54, 1.807) is 38.3 Å². The Morgan fingerprint density at radius 3 is 2.38 bits per heavy atom. The van der Waals surface area contributed by atoms with Gasteiger partial charge in [0, 0.05) is 10.0 Å². The molecule has 3 aromatic carbocycles. The summed E-state index contributed by atoms with van der Waals surface area (Å²) in [6.45, 7) is 2.02. The van der Waals surface area contributed by atoms with Crippen molar-refractivity contribution in [2.45, 2.75) is 19.6 Å². The zero-order valence-corrected chi connectivity index (χ0v) is 21.7. The van der Waals surface area contributed by atoms with Gasteiger partial charge in [-0.25, -0.2) is 5.43 Å². The molecular formula is C25H23Br2N3O4. The third kappa shape index (κ3) is 7.43. The van der Waals surface area contributed by atoms with Gasteiger partial charge in [-0.2, -0.15) is 5.10 Å². The van der Waals surface area contributed by atoms with Crippen LogP contribution in [0.3, 0.4) is 0 Å². The van der Waals surface area contributed by atoms with Gasteiger partial charge in [0.1, 0.15) is 24.1 Å². The van der Waals surface area contributed by atoms with Crippen molar-refractivity contribution in [2.75, 3.05) is 7.11 Å². The molecular weight excluding hydrogens is 566 g/mol. The maximum Gasteiger partial charge on any atom is 0.262 e. The van der Waals surface area contributed by atoms with Crippen molar-refractivity contribution < 1.29 is 19.1 Å². The van der Waals surface area contributed by atoms with Gasteiger partial charge < -0.3 is 14.8 Å². The van der Waals surface area contributed by atoms with E-state index in [2.05, 4.69) is 47.7 Å². The summed E-state index contributed by atoms with van der Waals surface area (Å²) in [4.78, 5) is 24.6. The molecule has 0 radical (unpaired) electrons. The first-order chi connectivity index (χ1) is 16.4. The lowest BCUT2D eigenvalue weighted by Gasteiger charge is -2.12. The Hall–Kier alpha value is -3.17. The van der Waals surface area contributed by atoms with E-state index in [0.717, 1.165) is 20.1 Å². The number of rotatable bonds is 9. The summed E-state index contributed by atoms with van der Waals surface area (Å²) in [7, 11) is 1.55. The molecule has 1 atom stereocenters. The molecule has 0 aliphatic heterocycles. The minimum absolute atomic E-state index is 0.364. The highest BCUT2D eigenvalue weighted by Gasteiger charge is 2.16. The highest BCUT2D eigenvalue weighted by atomic mass is 79.9. The molecule has 2 N–H and O–H groups in total. The lowest BCUT2D eigenvalue weighted by atomic mass is 10.2. The van der Waals surface area contributed by atoms with Gasteiger partial charge in [0.05, 0.1) is 17.8 Å². The van der Waals surface area contributed by atoms with Crippen LogP contribution >= 0.6 is 31.9 Å². The van der Waals surface area contributed by atoms with E-state index in [4.69, 9.17) is 9.47 Å². The van der Waals surface area contributed by atoms with Gasteiger partial charge in [-0.05, 0) is 88.6 Å². The molecule has 0 saturated carbocycles. The van der Waals surface area contributed by atoms with Gasteiger partial charge in [0.25, 0.3) is 11.8 Å². The number of hydrazone groups is 1. The number of carbonyl (C=O) groups excluding carboxylic acids is 2. The van der Waals surface area contributed by atoms with Gasteiger partial charge in [-0.15, -0.1) is 0 Å². The van der Waals surface area contributed by atoms with Gasteiger partial charge >= 0.3 is 0 Å². The van der Waals surface area contributed by atoms with E-state index in [-0.39, 0.29) is 5.91 Å². The van der Waals surface area contributed by atoms with Crippen LogP contribution in [0.5, 0.6) is 11.5 Å². The van der Waals surface area contributed by atoms with E-state index in [9.17, 15) is 9.59 Å². The fourth-order valence-electron chi connectivity index (χ4n) is 2.81. The number of hydrogen-bond acceptors (Lipinski definition) is 5. The second kappa shape index (κ2) is 12.3. The molecule has 3 rings (SSSR count). The van der Waals surface area contributed by atoms with Gasteiger partial charge in [0.15, 0.2) is 0 Å². The quantitative estimate of drug-likeness (QED) is 0.270. The molecule has 0 aliphatic carbocycles. The Labute approximate surface area is 214 Å². The minimum atomic E-state index is -0.770. The summed E-state index contributed by atoms with van der Waals surface area (Å²) < 4.78 is 12.7. The first-order valence-electron chi connectivity index (χ1n) is 10.3. The molecule has 2 amide bonds. The van der Waals surface area contributed by atoms with Gasteiger partial charge in [-0.1, -0.05) is 28.1 Å². The summed E-state index contributed by atoms with van der Waals surface area (Å²) in [5.41, 5.74) is 4.68. The number of halogens is 2. The molecule has 0 spiro atoms.